The molecule has 6 rings (SSSR count). The second-order valence-electron chi connectivity index (χ2n) is 10.2. The van der Waals surface area contributed by atoms with Crippen LogP contribution >= 0.6 is 0 Å². The van der Waals surface area contributed by atoms with Crippen LogP contribution in [0, 0.1) is 6.92 Å². The Morgan fingerprint density at radius 1 is 1.34 bits per heavy atom. The maximum Gasteiger partial charge on any atom is 0.287 e. The van der Waals surface area contributed by atoms with E-state index in [1.165, 1.54) is 0 Å². The molecule has 3 aromatic rings. The summed E-state index contributed by atoms with van der Waals surface area (Å²) >= 11 is 0. The van der Waals surface area contributed by atoms with Gasteiger partial charge in [0.1, 0.15) is 11.5 Å². The Labute approximate surface area is 201 Å². The number of rotatable bonds is 6. The zero-order valence-electron chi connectivity index (χ0n) is 19.9. The van der Waals surface area contributed by atoms with Gasteiger partial charge in [0.25, 0.3) is 11.8 Å². The largest absolute Gasteiger partial charge is 0.455 e. The van der Waals surface area contributed by atoms with Crippen molar-refractivity contribution >= 4 is 5.91 Å². The lowest BCUT2D eigenvalue weighted by Gasteiger charge is -2.21. The molecule has 35 heavy (non-hydrogen) atoms. The maximum absolute atomic E-state index is 15.0. The van der Waals surface area contributed by atoms with Gasteiger partial charge >= 0.3 is 0 Å². The number of aromatic nitrogens is 3. The van der Waals surface area contributed by atoms with E-state index in [1.54, 1.807) is 10.9 Å². The summed E-state index contributed by atoms with van der Waals surface area (Å²) in [4.78, 5) is 17.4. The number of pyridine rings is 1. The molecule has 1 saturated heterocycles. The summed E-state index contributed by atoms with van der Waals surface area (Å²) in [6, 6.07) is 3.92. The lowest BCUT2D eigenvalue weighted by molar-refractivity contribution is 0.0158. The minimum Gasteiger partial charge on any atom is -0.455 e. The number of fused-ring (bicyclic) bond motifs is 4. The van der Waals surface area contributed by atoms with Crippen LogP contribution in [0.4, 0.5) is 8.78 Å². The molecule has 0 aromatic carbocycles. The molecule has 1 N–H and O–H groups in total. The van der Waals surface area contributed by atoms with Crippen molar-refractivity contribution in [2.75, 3.05) is 13.2 Å². The number of furan rings is 1. The zero-order chi connectivity index (χ0) is 24.4. The number of nitrogens with one attached hydrogen (secondary N) is 1. The summed E-state index contributed by atoms with van der Waals surface area (Å²) in [5, 5.41) is 7.49. The highest BCUT2D eigenvalue weighted by Crippen LogP contribution is 2.59. The Morgan fingerprint density at radius 2 is 2.17 bits per heavy atom. The van der Waals surface area contributed by atoms with Crippen LogP contribution in [-0.4, -0.2) is 39.9 Å². The number of nitrogens with zero attached hydrogens (tertiary/aromatic N) is 3. The van der Waals surface area contributed by atoms with Crippen molar-refractivity contribution in [3.05, 3.63) is 58.4 Å². The Morgan fingerprint density at radius 3 is 2.83 bits per heavy atom. The van der Waals surface area contributed by atoms with Gasteiger partial charge in [-0.15, -0.1) is 0 Å². The predicted octanol–water partition coefficient (Wildman–Crippen LogP) is 4.50. The second kappa shape index (κ2) is 7.98. The van der Waals surface area contributed by atoms with Gasteiger partial charge in [0.05, 0.1) is 23.8 Å². The monoisotopic (exact) mass is 482 g/mol. The molecular formula is C26H28F2N4O3. The van der Waals surface area contributed by atoms with E-state index in [0.717, 1.165) is 49.4 Å². The van der Waals surface area contributed by atoms with Gasteiger partial charge in [-0.2, -0.15) is 5.10 Å². The number of aryl methyl sites for hydroxylation is 1. The molecular weight excluding hydrogens is 454 g/mol. The standard InChI is InChI=1S/C26H28F2N4O3/c1-15-5-6-16(11-29-15)13-32-14-18-22(31-32)20-19(10-26(18)7-8-26)35-23(21(20)25(2,27)28)24(33)30-12-17-4-3-9-34-17/h5-6,11,14,17H,3-4,7-10,12-13H2,1-2H3,(H,30,33)/t17-/m0/s1. The quantitative estimate of drug-likeness (QED) is 0.559. The molecule has 7 nitrogen and oxygen atoms in total. The van der Waals surface area contributed by atoms with E-state index in [0.29, 0.717) is 31.0 Å². The number of hydrogen-bond donors (Lipinski definition) is 1. The molecule has 4 heterocycles. The molecule has 184 valence electrons. The van der Waals surface area contributed by atoms with E-state index in [4.69, 9.17) is 14.3 Å². The SMILES string of the molecule is Cc1ccc(Cn2cc3c(n2)-c2c(oc(C(=O)NC[C@@H]4CCCO4)c2C(C)(F)F)CC32CC2)cn1. The minimum atomic E-state index is -3.27. The van der Waals surface area contributed by atoms with Gasteiger partial charge in [-0.05, 0) is 44.2 Å². The number of carbonyl (C=O) groups is 1. The van der Waals surface area contributed by atoms with Crippen LogP contribution in [0.3, 0.4) is 0 Å². The van der Waals surface area contributed by atoms with Crippen LogP contribution in [-0.2, 0) is 29.0 Å². The predicted molar refractivity (Wildman–Crippen MR) is 123 cm³/mol. The fraction of sp³-hybridized carbons (Fsp3) is 0.500. The molecule has 1 atom stereocenters. The first-order valence-corrected chi connectivity index (χ1v) is 12.2. The number of ether oxygens (including phenoxy) is 1. The van der Waals surface area contributed by atoms with Crippen molar-refractivity contribution < 1.29 is 22.7 Å². The van der Waals surface area contributed by atoms with Crippen LogP contribution in [0.5, 0.6) is 0 Å². The topological polar surface area (TPSA) is 82.2 Å². The van der Waals surface area contributed by atoms with Crippen molar-refractivity contribution in [1.82, 2.24) is 20.1 Å². The number of carbonyl (C=O) groups excluding carboxylic acids is 1. The molecule has 0 radical (unpaired) electrons. The van der Waals surface area contributed by atoms with Gasteiger partial charge in [-0.3, -0.25) is 14.5 Å². The Balaban J connectivity index is 1.39. The highest BCUT2D eigenvalue weighted by atomic mass is 19.3. The molecule has 1 amide bonds. The number of halogens is 2. The molecule has 2 fully saturated rings. The van der Waals surface area contributed by atoms with Gasteiger partial charge in [-0.1, -0.05) is 6.07 Å². The van der Waals surface area contributed by atoms with Crippen LogP contribution in [0.1, 0.15) is 71.3 Å². The molecule has 0 bridgehead atoms. The fourth-order valence-corrected chi connectivity index (χ4v) is 5.38. The molecule has 9 heteroatoms. The van der Waals surface area contributed by atoms with E-state index in [9.17, 15) is 4.79 Å². The zero-order valence-corrected chi connectivity index (χ0v) is 19.9. The second-order valence-corrected chi connectivity index (χ2v) is 10.2. The van der Waals surface area contributed by atoms with Crippen LogP contribution in [0.2, 0.25) is 0 Å². The van der Waals surface area contributed by atoms with E-state index in [-0.39, 0.29) is 35.0 Å². The Bertz CT molecular complexity index is 1280. The average Bonchev–Trinajstić information content (AvgIpc) is 3.18. The number of amides is 1. The highest BCUT2D eigenvalue weighted by Gasteiger charge is 2.54. The van der Waals surface area contributed by atoms with Crippen molar-refractivity contribution in [2.45, 2.75) is 69.9 Å². The summed E-state index contributed by atoms with van der Waals surface area (Å²) < 4.78 is 43.3. The van der Waals surface area contributed by atoms with Crippen molar-refractivity contribution in [1.29, 1.82) is 0 Å². The summed E-state index contributed by atoms with van der Waals surface area (Å²) in [6.07, 6.45) is 7.82. The summed E-state index contributed by atoms with van der Waals surface area (Å²) in [5.74, 6) is -3.80. The molecule has 3 aromatic heterocycles. The lowest BCUT2D eigenvalue weighted by atomic mass is 9.81. The van der Waals surface area contributed by atoms with Crippen LogP contribution in [0.25, 0.3) is 11.3 Å². The molecule has 1 aliphatic heterocycles. The number of alkyl halides is 2. The third-order valence-electron chi connectivity index (χ3n) is 7.38. The smallest absolute Gasteiger partial charge is 0.287 e. The first-order valence-electron chi connectivity index (χ1n) is 12.2. The third kappa shape index (κ3) is 3.95. The summed E-state index contributed by atoms with van der Waals surface area (Å²) in [6.45, 7) is 4.14. The van der Waals surface area contributed by atoms with Crippen molar-refractivity contribution in [3.8, 4) is 11.3 Å². The Kier molecular flexibility index (Phi) is 5.11. The molecule has 1 spiro atoms. The van der Waals surface area contributed by atoms with Crippen molar-refractivity contribution in [3.63, 3.8) is 0 Å². The van der Waals surface area contributed by atoms with Crippen molar-refractivity contribution in [2.24, 2.45) is 0 Å². The summed E-state index contributed by atoms with van der Waals surface area (Å²) in [5.41, 5.74) is 3.10. The molecule has 2 aliphatic carbocycles. The normalized spacial score (nSPS) is 20.1. The first kappa shape index (κ1) is 22.4. The van der Waals surface area contributed by atoms with Gasteiger partial charge < -0.3 is 14.5 Å². The third-order valence-corrected chi connectivity index (χ3v) is 7.38. The van der Waals surface area contributed by atoms with Gasteiger partial charge in [0.2, 0.25) is 5.76 Å². The highest BCUT2D eigenvalue weighted by molar-refractivity contribution is 5.96. The van der Waals surface area contributed by atoms with E-state index >= 15 is 8.78 Å². The van der Waals surface area contributed by atoms with Crippen LogP contribution < -0.4 is 5.32 Å². The first-order chi connectivity index (χ1) is 16.7. The van der Waals surface area contributed by atoms with E-state index in [1.807, 2.05) is 25.3 Å². The molecule has 1 saturated carbocycles. The van der Waals surface area contributed by atoms with E-state index in [2.05, 4.69) is 10.3 Å². The van der Waals surface area contributed by atoms with Gasteiger partial charge in [-0.25, -0.2) is 8.78 Å². The Hall–Kier alpha value is -3.07. The van der Waals surface area contributed by atoms with E-state index < -0.39 is 11.8 Å². The minimum absolute atomic E-state index is 0.0950. The molecule has 3 aliphatic rings. The number of hydrogen-bond acceptors (Lipinski definition) is 5. The fourth-order valence-electron chi connectivity index (χ4n) is 5.38. The molecule has 0 unspecified atom stereocenters. The van der Waals surface area contributed by atoms with Gasteiger partial charge in [0.15, 0.2) is 0 Å². The lowest BCUT2D eigenvalue weighted by Crippen LogP contribution is -2.32. The summed E-state index contributed by atoms with van der Waals surface area (Å²) in [7, 11) is 0. The average molecular weight is 483 g/mol. The van der Waals surface area contributed by atoms with Gasteiger partial charge in [0, 0.05) is 55.6 Å². The maximum atomic E-state index is 15.0. The van der Waals surface area contributed by atoms with Crippen LogP contribution in [0.15, 0.2) is 28.9 Å².